The van der Waals surface area contributed by atoms with Gasteiger partial charge >= 0.3 is 0 Å². The minimum absolute atomic E-state index is 0.670. The zero-order chi connectivity index (χ0) is 13.8. The molecular weight excluding hydrogens is 244 g/mol. The molecule has 1 N–H and O–H groups in total. The SMILES string of the molecule is CCCC1CN(Cc2cccc3ccccc23)CCN1. The minimum Gasteiger partial charge on any atom is -0.311 e. The first-order valence-electron chi connectivity index (χ1n) is 7.79. The van der Waals surface area contributed by atoms with Crippen LogP contribution in [-0.4, -0.2) is 30.6 Å². The second-order valence-corrected chi connectivity index (χ2v) is 5.81. The molecule has 1 aliphatic rings. The van der Waals surface area contributed by atoms with Crippen molar-refractivity contribution in [3.8, 4) is 0 Å². The lowest BCUT2D eigenvalue weighted by Crippen LogP contribution is -2.50. The maximum atomic E-state index is 3.63. The van der Waals surface area contributed by atoms with E-state index < -0.39 is 0 Å². The number of nitrogens with one attached hydrogen (secondary N) is 1. The first-order valence-corrected chi connectivity index (χ1v) is 7.79. The standard InChI is InChI=1S/C18H24N2/c1-2-6-17-14-20(12-11-19-17)13-16-9-5-8-15-7-3-4-10-18(15)16/h3-5,7-10,17,19H,2,6,11-14H2,1H3. The van der Waals surface area contributed by atoms with Crippen LogP contribution in [0.1, 0.15) is 25.3 Å². The van der Waals surface area contributed by atoms with E-state index in [4.69, 9.17) is 0 Å². The molecule has 1 heterocycles. The normalized spacial score (nSPS) is 20.4. The highest BCUT2D eigenvalue weighted by molar-refractivity contribution is 5.85. The Hall–Kier alpha value is -1.38. The largest absolute Gasteiger partial charge is 0.311 e. The Morgan fingerprint density at radius 1 is 1.15 bits per heavy atom. The van der Waals surface area contributed by atoms with Crippen LogP contribution in [0, 0.1) is 0 Å². The molecule has 1 atom stereocenters. The molecule has 2 nitrogen and oxygen atoms in total. The first-order chi connectivity index (χ1) is 9.86. The fourth-order valence-corrected chi connectivity index (χ4v) is 3.25. The van der Waals surface area contributed by atoms with Gasteiger partial charge in [0, 0.05) is 32.2 Å². The van der Waals surface area contributed by atoms with E-state index in [-0.39, 0.29) is 0 Å². The molecule has 2 heteroatoms. The summed E-state index contributed by atoms with van der Waals surface area (Å²) in [5.74, 6) is 0. The van der Waals surface area contributed by atoms with Crippen molar-refractivity contribution in [2.75, 3.05) is 19.6 Å². The van der Waals surface area contributed by atoms with E-state index in [1.54, 1.807) is 0 Å². The van der Waals surface area contributed by atoms with Crippen LogP contribution in [0.3, 0.4) is 0 Å². The topological polar surface area (TPSA) is 15.3 Å². The molecule has 0 bridgehead atoms. The average molecular weight is 268 g/mol. The summed E-state index contributed by atoms with van der Waals surface area (Å²) in [5.41, 5.74) is 1.46. The van der Waals surface area contributed by atoms with E-state index in [2.05, 4.69) is 59.6 Å². The van der Waals surface area contributed by atoms with Gasteiger partial charge in [-0.2, -0.15) is 0 Å². The molecule has 2 aromatic carbocycles. The lowest BCUT2D eigenvalue weighted by molar-refractivity contribution is 0.187. The second kappa shape index (κ2) is 6.38. The number of hydrogen-bond acceptors (Lipinski definition) is 2. The highest BCUT2D eigenvalue weighted by atomic mass is 15.2. The van der Waals surface area contributed by atoms with E-state index in [9.17, 15) is 0 Å². The Morgan fingerprint density at radius 2 is 2.00 bits per heavy atom. The summed E-state index contributed by atoms with van der Waals surface area (Å²) in [6.45, 7) is 6.80. The summed E-state index contributed by atoms with van der Waals surface area (Å²) in [7, 11) is 0. The number of rotatable bonds is 4. The predicted molar refractivity (Wildman–Crippen MR) is 85.9 cm³/mol. The van der Waals surface area contributed by atoms with Gasteiger partial charge in [-0.3, -0.25) is 4.90 Å². The van der Waals surface area contributed by atoms with Gasteiger partial charge in [0.15, 0.2) is 0 Å². The van der Waals surface area contributed by atoms with E-state index in [1.807, 2.05) is 0 Å². The van der Waals surface area contributed by atoms with Gasteiger partial charge in [-0.25, -0.2) is 0 Å². The summed E-state index contributed by atoms with van der Waals surface area (Å²) in [6, 6.07) is 16.0. The van der Waals surface area contributed by atoms with Gasteiger partial charge in [-0.15, -0.1) is 0 Å². The van der Waals surface area contributed by atoms with Crippen molar-refractivity contribution in [1.82, 2.24) is 10.2 Å². The van der Waals surface area contributed by atoms with Crippen LogP contribution < -0.4 is 5.32 Å². The minimum atomic E-state index is 0.670. The summed E-state index contributed by atoms with van der Waals surface area (Å²) in [6.07, 6.45) is 2.55. The van der Waals surface area contributed by atoms with E-state index in [0.29, 0.717) is 6.04 Å². The molecule has 20 heavy (non-hydrogen) atoms. The molecule has 3 rings (SSSR count). The van der Waals surface area contributed by atoms with Crippen LogP contribution in [0.2, 0.25) is 0 Å². The lowest BCUT2D eigenvalue weighted by Gasteiger charge is -2.34. The van der Waals surface area contributed by atoms with Gasteiger partial charge in [-0.1, -0.05) is 55.8 Å². The number of benzene rings is 2. The van der Waals surface area contributed by atoms with Crippen LogP contribution in [0.25, 0.3) is 10.8 Å². The molecule has 0 spiro atoms. The summed E-state index contributed by atoms with van der Waals surface area (Å²) >= 11 is 0. The van der Waals surface area contributed by atoms with Crippen molar-refractivity contribution in [3.05, 3.63) is 48.0 Å². The third-order valence-electron chi connectivity index (χ3n) is 4.25. The van der Waals surface area contributed by atoms with Gasteiger partial charge in [0.1, 0.15) is 0 Å². The molecular formula is C18H24N2. The third-order valence-corrected chi connectivity index (χ3v) is 4.25. The van der Waals surface area contributed by atoms with Crippen molar-refractivity contribution in [3.63, 3.8) is 0 Å². The molecule has 0 aromatic heterocycles. The van der Waals surface area contributed by atoms with E-state index in [1.165, 1.54) is 35.7 Å². The molecule has 1 fully saturated rings. The first kappa shape index (κ1) is 13.6. The second-order valence-electron chi connectivity index (χ2n) is 5.81. The molecule has 0 radical (unpaired) electrons. The summed E-state index contributed by atoms with van der Waals surface area (Å²) in [4.78, 5) is 2.60. The van der Waals surface area contributed by atoms with Crippen LogP contribution in [0.15, 0.2) is 42.5 Å². The number of hydrogen-bond donors (Lipinski definition) is 1. The lowest BCUT2D eigenvalue weighted by atomic mass is 10.0. The fourth-order valence-electron chi connectivity index (χ4n) is 3.25. The quantitative estimate of drug-likeness (QED) is 0.914. The zero-order valence-corrected chi connectivity index (χ0v) is 12.3. The van der Waals surface area contributed by atoms with Crippen LogP contribution in [0.5, 0.6) is 0 Å². The molecule has 0 amide bonds. The third kappa shape index (κ3) is 3.02. The average Bonchev–Trinajstić information content (AvgIpc) is 2.48. The zero-order valence-electron chi connectivity index (χ0n) is 12.3. The monoisotopic (exact) mass is 268 g/mol. The van der Waals surface area contributed by atoms with Crippen LogP contribution in [-0.2, 0) is 6.54 Å². The van der Waals surface area contributed by atoms with Crippen molar-refractivity contribution in [1.29, 1.82) is 0 Å². The van der Waals surface area contributed by atoms with E-state index in [0.717, 1.165) is 19.6 Å². The summed E-state index contributed by atoms with van der Waals surface area (Å²) < 4.78 is 0. The van der Waals surface area contributed by atoms with Crippen molar-refractivity contribution in [2.45, 2.75) is 32.4 Å². The Bertz CT molecular complexity index is 557. The summed E-state index contributed by atoms with van der Waals surface area (Å²) in [5, 5.41) is 6.39. The Balaban J connectivity index is 1.76. The van der Waals surface area contributed by atoms with Gasteiger partial charge in [0.25, 0.3) is 0 Å². The number of nitrogens with zero attached hydrogens (tertiary/aromatic N) is 1. The van der Waals surface area contributed by atoms with Gasteiger partial charge in [0.05, 0.1) is 0 Å². The molecule has 106 valence electrons. The van der Waals surface area contributed by atoms with Crippen molar-refractivity contribution < 1.29 is 0 Å². The van der Waals surface area contributed by atoms with Crippen LogP contribution in [0.4, 0.5) is 0 Å². The highest BCUT2D eigenvalue weighted by Crippen LogP contribution is 2.20. The molecule has 0 aliphatic carbocycles. The molecule has 1 saturated heterocycles. The fraction of sp³-hybridized carbons (Fsp3) is 0.444. The van der Waals surface area contributed by atoms with Crippen molar-refractivity contribution in [2.24, 2.45) is 0 Å². The Labute approximate surface area is 121 Å². The van der Waals surface area contributed by atoms with Gasteiger partial charge < -0.3 is 5.32 Å². The number of piperazine rings is 1. The van der Waals surface area contributed by atoms with Crippen LogP contribution >= 0.6 is 0 Å². The molecule has 0 saturated carbocycles. The maximum Gasteiger partial charge on any atom is 0.0241 e. The Kier molecular flexibility index (Phi) is 4.34. The molecule has 1 unspecified atom stereocenters. The van der Waals surface area contributed by atoms with Gasteiger partial charge in [0.2, 0.25) is 0 Å². The number of fused-ring (bicyclic) bond motifs is 1. The molecule has 2 aromatic rings. The predicted octanol–water partition coefficient (Wildman–Crippen LogP) is 3.41. The van der Waals surface area contributed by atoms with Crippen molar-refractivity contribution >= 4 is 10.8 Å². The Morgan fingerprint density at radius 3 is 2.90 bits per heavy atom. The molecule has 1 aliphatic heterocycles. The smallest absolute Gasteiger partial charge is 0.0241 e. The van der Waals surface area contributed by atoms with Gasteiger partial charge in [-0.05, 0) is 22.8 Å². The maximum absolute atomic E-state index is 3.63. The highest BCUT2D eigenvalue weighted by Gasteiger charge is 2.18. The van der Waals surface area contributed by atoms with E-state index >= 15 is 0 Å².